The van der Waals surface area contributed by atoms with Crippen molar-refractivity contribution in [2.45, 2.75) is 0 Å². The first kappa shape index (κ1) is 50.1. The van der Waals surface area contributed by atoms with Gasteiger partial charge in [0.1, 0.15) is 0 Å². The fourth-order valence-corrected chi connectivity index (χ4v) is 0. The van der Waals surface area contributed by atoms with Crippen molar-refractivity contribution in [3.8, 4) is 0 Å². The van der Waals surface area contributed by atoms with Gasteiger partial charge in [-0.3, -0.25) is 0 Å². The molecule has 0 aliphatic carbocycles. The van der Waals surface area contributed by atoms with Gasteiger partial charge in [0.25, 0.3) is 0 Å². The summed E-state index contributed by atoms with van der Waals surface area (Å²) in [6.07, 6.45) is 0. The van der Waals surface area contributed by atoms with Crippen molar-refractivity contribution < 1.29 is 17.1 Å². The van der Waals surface area contributed by atoms with Gasteiger partial charge in [0.05, 0.1) is 0 Å². The molecule has 0 aromatic heterocycles. The van der Waals surface area contributed by atoms with Gasteiger partial charge in [0.2, 0.25) is 0 Å². The first-order valence-electron chi connectivity index (χ1n) is 0. The van der Waals surface area contributed by atoms with Gasteiger partial charge in [-0.1, -0.05) is 0 Å². The zero-order valence-corrected chi connectivity index (χ0v) is 5.49. The van der Waals surface area contributed by atoms with Gasteiger partial charge in [-0.2, -0.15) is 0 Å². The van der Waals surface area contributed by atoms with Crippen LogP contribution in [0.3, 0.4) is 0 Å². The van der Waals surface area contributed by atoms with Gasteiger partial charge >= 0.3 is 75.2 Å². The topological polar surface area (TPSA) is 0 Å². The molecule has 0 N–H and O–H groups in total. The second-order valence-electron chi connectivity index (χ2n) is 0. The van der Waals surface area contributed by atoms with Crippen molar-refractivity contribution in [1.29, 1.82) is 0 Å². The molecular formula is H7CuGaInNaSe2. The van der Waals surface area contributed by atoms with Crippen molar-refractivity contribution in [3.63, 3.8) is 0 Å². The summed E-state index contributed by atoms with van der Waals surface area (Å²) < 4.78 is 0. The number of rotatable bonds is 0. The predicted molar refractivity (Wildman–Crippen MR) is 38.5 cm³/mol. The summed E-state index contributed by atoms with van der Waals surface area (Å²) in [7, 11) is 0. The van der Waals surface area contributed by atoms with E-state index in [4.69, 9.17) is 0 Å². The Balaban J connectivity index is 0. The molecule has 0 rings (SSSR count). The average Bonchev–Trinajstić information content (AvgIpc) is 0. The van der Waals surface area contributed by atoms with Gasteiger partial charge in [-0.05, 0) is 0 Å². The van der Waals surface area contributed by atoms with E-state index in [1.807, 2.05) is 0 Å². The van der Waals surface area contributed by atoms with Crippen LogP contribution in [0.4, 0.5) is 0 Å². The fraction of sp³-hybridized carbons (Fsp3) is 0. The van der Waals surface area contributed by atoms with Crippen LogP contribution < -0.4 is 0 Å². The van der Waals surface area contributed by atoms with Crippen LogP contribution in [-0.4, -0.2) is 109 Å². The molecule has 0 heterocycles. The van der Waals surface area contributed by atoms with Crippen LogP contribution in [0.25, 0.3) is 0 Å². The maximum Gasteiger partial charge on any atom is 0 e. The first-order chi connectivity index (χ1) is 0. The smallest absolute Gasteiger partial charge is 0 e. The maximum atomic E-state index is 0. The summed E-state index contributed by atoms with van der Waals surface area (Å²) in [6.45, 7) is 0. The summed E-state index contributed by atoms with van der Waals surface area (Å²) in [5.41, 5.74) is 0. The van der Waals surface area contributed by atoms with E-state index >= 15 is 0 Å². The zero-order valence-electron chi connectivity index (χ0n) is 1.12. The molecule has 0 spiro atoms. The van der Waals surface area contributed by atoms with Gasteiger partial charge in [-0.15, -0.1) is 0 Å². The Morgan fingerprint density at radius 2 is 0.833 bits per heavy atom. The van der Waals surface area contributed by atoms with Crippen LogP contribution in [0.1, 0.15) is 0 Å². The minimum Gasteiger partial charge on any atom is 0 e. The average molecular weight is 436 g/mol. The summed E-state index contributed by atoms with van der Waals surface area (Å²) in [5.74, 6) is 0. The van der Waals surface area contributed by atoms with Crippen LogP contribution in [0.15, 0.2) is 0 Å². The standard InChI is InChI=1S/Cu.Ga.In.Na.2Se.7H. The second-order valence-corrected chi connectivity index (χ2v) is 0. The molecule has 0 saturated heterocycles. The molecule has 0 saturated carbocycles. The van der Waals surface area contributed by atoms with E-state index in [2.05, 4.69) is 0 Å². The number of hydrogen-bond acceptors (Lipinski definition) is 0. The molecule has 0 bridgehead atoms. The van der Waals surface area contributed by atoms with Crippen molar-refractivity contribution in [1.82, 2.24) is 0 Å². The molecule has 0 fully saturated rings. The minimum atomic E-state index is 0. The quantitative estimate of drug-likeness (QED) is 0.343. The van der Waals surface area contributed by atoms with Crippen molar-refractivity contribution in [2.75, 3.05) is 0 Å². The van der Waals surface area contributed by atoms with Crippen molar-refractivity contribution in [3.05, 3.63) is 0 Å². The molecule has 0 aliphatic rings. The molecule has 0 aromatic carbocycles. The normalized spacial score (nSPS) is 0. The third-order valence-electron chi connectivity index (χ3n) is 0. The molecule has 0 amide bonds. The summed E-state index contributed by atoms with van der Waals surface area (Å²) in [5, 5.41) is 0. The summed E-state index contributed by atoms with van der Waals surface area (Å²) in [6, 6.07) is 0. The molecule has 6 heavy (non-hydrogen) atoms. The Morgan fingerprint density at radius 1 is 0.833 bits per heavy atom. The van der Waals surface area contributed by atoms with Gasteiger partial charge in [-0.25, -0.2) is 0 Å². The summed E-state index contributed by atoms with van der Waals surface area (Å²) in [4.78, 5) is 0. The van der Waals surface area contributed by atoms with E-state index in [1.165, 1.54) is 0 Å². The van der Waals surface area contributed by atoms with Gasteiger partial charge in [0, 0.05) is 51.2 Å². The molecule has 37 valence electrons. The van der Waals surface area contributed by atoms with Gasteiger partial charge < -0.3 is 0 Å². The van der Waals surface area contributed by atoms with Crippen molar-refractivity contribution in [2.24, 2.45) is 0 Å². The maximum absolute atomic E-state index is 0. The largest absolute Gasteiger partial charge is 0 e. The van der Waals surface area contributed by atoms with Crippen LogP contribution in [0.2, 0.25) is 0 Å². The molecule has 6 heteroatoms. The third kappa shape index (κ3) is 24.4. The van der Waals surface area contributed by atoms with Crippen LogP contribution >= 0.6 is 0 Å². The Kier molecular flexibility index (Phi) is 298. The van der Waals surface area contributed by atoms with Crippen molar-refractivity contribution >= 4 is 109 Å². The SMILES string of the molecule is [Cu].[GaH3].[InH3].[NaH].[Se].[Se]. The molecule has 5 radical (unpaired) electrons. The van der Waals surface area contributed by atoms with Crippen LogP contribution in [0, 0.1) is 0 Å². The molecule has 0 atom stereocenters. The van der Waals surface area contributed by atoms with E-state index in [0.717, 1.165) is 0 Å². The van der Waals surface area contributed by atoms with E-state index in [9.17, 15) is 0 Å². The molecule has 0 unspecified atom stereocenters. The first-order valence-corrected chi connectivity index (χ1v) is 0. The van der Waals surface area contributed by atoms with Gasteiger partial charge in [0.15, 0.2) is 0 Å². The second kappa shape index (κ2) is 35.7. The third-order valence-corrected chi connectivity index (χ3v) is 0. The fourth-order valence-electron chi connectivity index (χ4n) is 0. The van der Waals surface area contributed by atoms with Crippen LogP contribution in [0.5, 0.6) is 0 Å². The molecule has 0 aliphatic heterocycles. The Bertz CT molecular complexity index is 13.5. The van der Waals surface area contributed by atoms with E-state index in [1.54, 1.807) is 0 Å². The molecule has 0 nitrogen and oxygen atoms in total. The predicted octanol–water partition coefficient (Wildman–Crippen LogP) is -3.78. The Hall–Kier alpha value is 4.06. The molecular weight excluding hydrogens is 429 g/mol. The number of hydrogen-bond donors (Lipinski definition) is 0. The van der Waals surface area contributed by atoms with E-state index in [0.29, 0.717) is 0 Å². The van der Waals surface area contributed by atoms with E-state index < -0.39 is 0 Å². The Labute approximate surface area is 124 Å². The zero-order chi connectivity index (χ0) is 0. The Morgan fingerprint density at radius 3 is 0.833 bits per heavy atom. The van der Waals surface area contributed by atoms with E-state index in [-0.39, 0.29) is 126 Å². The van der Waals surface area contributed by atoms with Crippen LogP contribution in [-0.2, 0) is 17.1 Å². The monoisotopic (exact) mass is 437 g/mol. The summed E-state index contributed by atoms with van der Waals surface area (Å²) >= 11 is 0. The minimum absolute atomic E-state index is 0. The molecule has 0 aromatic rings.